The second-order valence-electron chi connectivity index (χ2n) is 4.45. The molecular formula is C12H19N3O2. The van der Waals surface area contributed by atoms with Crippen LogP contribution in [-0.4, -0.2) is 47.6 Å². The maximum Gasteiger partial charge on any atom is 0.289 e. The molecule has 1 aliphatic rings. The second-order valence-corrected chi connectivity index (χ2v) is 4.45. The third-order valence-electron chi connectivity index (χ3n) is 3.33. The number of carbonyl (C=O) groups excluding carboxylic acids is 1. The van der Waals surface area contributed by atoms with E-state index in [0.29, 0.717) is 11.7 Å². The lowest BCUT2D eigenvalue weighted by atomic mass is 9.94. The lowest BCUT2D eigenvalue weighted by Crippen LogP contribution is -2.39. The van der Waals surface area contributed by atoms with Crippen LogP contribution in [0, 0.1) is 5.92 Å². The number of H-pyrrole nitrogens is 1. The van der Waals surface area contributed by atoms with Crippen molar-refractivity contribution in [3.8, 4) is 0 Å². The summed E-state index contributed by atoms with van der Waals surface area (Å²) in [6.07, 6.45) is 6.52. The quantitative estimate of drug-likeness (QED) is 0.858. The van der Waals surface area contributed by atoms with Crippen molar-refractivity contribution in [1.29, 1.82) is 0 Å². The highest BCUT2D eigenvalue weighted by Crippen LogP contribution is 2.21. The molecule has 5 nitrogen and oxygen atoms in total. The van der Waals surface area contributed by atoms with Crippen molar-refractivity contribution in [3.05, 3.63) is 18.2 Å². The van der Waals surface area contributed by atoms with Gasteiger partial charge in [-0.2, -0.15) is 0 Å². The molecule has 0 saturated carbocycles. The van der Waals surface area contributed by atoms with Crippen LogP contribution in [0.15, 0.2) is 12.4 Å². The van der Waals surface area contributed by atoms with E-state index in [4.69, 9.17) is 4.74 Å². The van der Waals surface area contributed by atoms with E-state index < -0.39 is 0 Å². The number of nitrogens with one attached hydrogen (secondary N) is 1. The number of piperidine rings is 1. The first-order valence-electron chi connectivity index (χ1n) is 6.09. The van der Waals surface area contributed by atoms with Crippen LogP contribution in [0.1, 0.15) is 29.9 Å². The van der Waals surface area contributed by atoms with E-state index in [0.717, 1.165) is 39.0 Å². The zero-order valence-electron chi connectivity index (χ0n) is 10.2. The SMILES string of the molecule is COCCC1CCN(C(=O)c2ncc[nH]2)CC1. The maximum atomic E-state index is 12.0. The van der Waals surface area contributed by atoms with E-state index in [1.54, 1.807) is 19.5 Å². The molecule has 1 aromatic heterocycles. The fourth-order valence-electron chi connectivity index (χ4n) is 2.24. The number of amides is 1. The van der Waals surface area contributed by atoms with Crippen molar-refractivity contribution < 1.29 is 9.53 Å². The van der Waals surface area contributed by atoms with Gasteiger partial charge in [0, 0.05) is 39.2 Å². The third-order valence-corrected chi connectivity index (χ3v) is 3.33. The number of imidazole rings is 1. The van der Waals surface area contributed by atoms with E-state index >= 15 is 0 Å². The first kappa shape index (κ1) is 12.1. The highest BCUT2D eigenvalue weighted by molar-refractivity contribution is 5.90. The zero-order chi connectivity index (χ0) is 12.1. The van der Waals surface area contributed by atoms with Gasteiger partial charge in [-0.05, 0) is 25.2 Å². The number of methoxy groups -OCH3 is 1. The minimum atomic E-state index is 0.0141. The summed E-state index contributed by atoms with van der Waals surface area (Å²) in [6, 6.07) is 0. The second kappa shape index (κ2) is 5.82. The Hall–Kier alpha value is -1.36. The van der Waals surface area contributed by atoms with Crippen LogP contribution >= 0.6 is 0 Å². The van der Waals surface area contributed by atoms with Gasteiger partial charge in [0.1, 0.15) is 0 Å². The fourth-order valence-corrected chi connectivity index (χ4v) is 2.24. The molecule has 1 saturated heterocycles. The number of nitrogens with zero attached hydrogens (tertiary/aromatic N) is 2. The van der Waals surface area contributed by atoms with Gasteiger partial charge in [0.15, 0.2) is 5.82 Å². The van der Waals surface area contributed by atoms with Crippen LogP contribution in [-0.2, 0) is 4.74 Å². The number of rotatable bonds is 4. The first-order valence-corrected chi connectivity index (χ1v) is 6.09. The molecule has 17 heavy (non-hydrogen) atoms. The molecule has 0 atom stereocenters. The first-order chi connectivity index (χ1) is 8.31. The molecule has 94 valence electrons. The monoisotopic (exact) mass is 237 g/mol. The van der Waals surface area contributed by atoms with Gasteiger partial charge in [0.25, 0.3) is 5.91 Å². The van der Waals surface area contributed by atoms with E-state index in [1.807, 2.05) is 4.90 Å². The lowest BCUT2D eigenvalue weighted by molar-refractivity contribution is 0.0658. The Labute approximate surface area is 101 Å². The molecule has 0 aromatic carbocycles. The average Bonchev–Trinajstić information content (AvgIpc) is 2.90. The van der Waals surface area contributed by atoms with Gasteiger partial charge in [-0.3, -0.25) is 4.79 Å². The van der Waals surface area contributed by atoms with Crippen molar-refractivity contribution in [2.45, 2.75) is 19.3 Å². The van der Waals surface area contributed by atoms with E-state index in [2.05, 4.69) is 9.97 Å². The molecule has 1 amide bonds. The van der Waals surface area contributed by atoms with Crippen molar-refractivity contribution >= 4 is 5.91 Å². The molecule has 0 bridgehead atoms. The lowest BCUT2D eigenvalue weighted by Gasteiger charge is -2.31. The van der Waals surface area contributed by atoms with Crippen LogP contribution in [0.25, 0.3) is 0 Å². The minimum Gasteiger partial charge on any atom is -0.385 e. The number of hydrogen-bond donors (Lipinski definition) is 1. The Balaban J connectivity index is 1.81. The molecule has 1 fully saturated rings. The molecule has 2 heterocycles. The van der Waals surface area contributed by atoms with Gasteiger partial charge in [0.05, 0.1) is 0 Å². The molecule has 0 unspecified atom stereocenters. The Morgan fingerprint density at radius 1 is 1.59 bits per heavy atom. The maximum absolute atomic E-state index is 12.0. The molecule has 1 aliphatic heterocycles. The standard InChI is InChI=1S/C12H19N3O2/c1-17-9-4-10-2-7-15(8-3-10)12(16)11-13-5-6-14-11/h5-6,10H,2-4,7-9H2,1H3,(H,13,14). The van der Waals surface area contributed by atoms with Gasteiger partial charge < -0.3 is 14.6 Å². The zero-order valence-corrected chi connectivity index (χ0v) is 10.2. The summed E-state index contributed by atoms with van der Waals surface area (Å²) in [5.41, 5.74) is 0. The van der Waals surface area contributed by atoms with Gasteiger partial charge >= 0.3 is 0 Å². The average molecular weight is 237 g/mol. The van der Waals surface area contributed by atoms with E-state index in [1.165, 1.54) is 0 Å². The topological polar surface area (TPSA) is 58.2 Å². The molecule has 0 aliphatic carbocycles. The number of ether oxygens (including phenoxy) is 1. The summed E-state index contributed by atoms with van der Waals surface area (Å²) in [6.45, 7) is 2.47. The predicted octanol–water partition coefficient (Wildman–Crippen LogP) is 1.30. The van der Waals surface area contributed by atoms with Crippen LogP contribution in [0.2, 0.25) is 0 Å². The summed E-state index contributed by atoms with van der Waals surface area (Å²) >= 11 is 0. The molecule has 1 aromatic rings. The fraction of sp³-hybridized carbons (Fsp3) is 0.667. The minimum absolute atomic E-state index is 0.0141. The van der Waals surface area contributed by atoms with E-state index in [-0.39, 0.29) is 5.91 Å². The Kier molecular flexibility index (Phi) is 4.14. The number of aromatic amines is 1. The largest absolute Gasteiger partial charge is 0.385 e. The van der Waals surface area contributed by atoms with Crippen molar-refractivity contribution in [1.82, 2.24) is 14.9 Å². The van der Waals surface area contributed by atoms with Crippen LogP contribution < -0.4 is 0 Å². The summed E-state index contributed by atoms with van der Waals surface area (Å²) in [4.78, 5) is 20.7. The highest BCUT2D eigenvalue weighted by Gasteiger charge is 2.24. The summed E-state index contributed by atoms with van der Waals surface area (Å²) in [7, 11) is 1.73. The van der Waals surface area contributed by atoms with Crippen LogP contribution in [0.4, 0.5) is 0 Å². The molecule has 0 spiro atoms. The molecule has 2 rings (SSSR count). The summed E-state index contributed by atoms with van der Waals surface area (Å²) in [5.74, 6) is 1.15. The summed E-state index contributed by atoms with van der Waals surface area (Å²) in [5, 5.41) is 0. The Bertz CT molecular complexity index is 343. The summed E-state index contributed by atoms with van der Waals surface area (Å²) < 4.78 is 5.08. The highest BCUT2D eigenvalue weighted by atomic mass is 16.5. The Morgan fingerprint density at radius 2 is 2.35 bits per heavy atom. The van der Waals surface area contributed by atoms with Gasteiger partial charge in [0.2, 0.25) is 0 Å². The smallest absolute Gasteiger partial charge is 0.289 e. The molecular weight excluding hydrogens is 218 g/mol. The molecule has 5 heteroatoms. The van der Waals surface area contributed by atoms with Crippen LogP contribution in [0.3, 0.4) is 0 Å². The van der Waals surface area contributed by atoms with Crippen LogP contribution in [0.5, 0.6) is 0 Å². The predicted molar refractivity (Wildman–Crippen MR) is 63.7 cm³/mol. The van der Waals surface area contributed by atoms with Crippen molar-refractivity contribution in [2.24, 2.45) is 5.92 Å². The molecule has 1 N–H and O–H groups in total. The molecule has 0 radical (unpaired) electrons. The van der Waals surface area contributed by atoms with Crippen molar-refractivity contribution in [3.63, 3.8) is 0 Å². The van der Waals surface area contributed by atoms with Gasteiger partial charge in [-0.25, -0.2) is 4.98 Å². The van der Waals surface area contributed by atoms with E-state index in [9.17, 15) is 4.79 Å². The number of hydrogen-bond acceptors (Lipinski definition) is 3. The number of likely N-dealkylation sites (tertiary alicyclic amines) is 1. The Morgan fingerprint density at radius 3 is 2.94 bits per heavy atom. The number of aromatic nitrogens is 2. The normalized spacial score (nSPS) is 17.4. The third kappa shape index (κ3) is 3.06. The van der Waals surface area contributed by atoms with Gasteiger partial charge in [-0.1, -0.05) is 0 Å². The van der Waals surface area contributed by atoms with Gasteiger partial charge in [-0.15, -0.1) is 0 Å². The number of carbonyl (C=O) groups is 1. The van der Waals surface area contributed by atoms with Crippen molar-refractivity contribution in [2.75, 3.05) is 26.8 Å².